The lowest BCUT2D eigenvalue weighted by Gasteiger charge is -1.93. The fourth-order valence-corrected chi connectivity index (χ4v) is 1.64. The van der Waals surface area contributed by atoms with Crippen molar-refractivity contribution in [1.29, 1.82) is 0 Å². The summed E-state index contributed by atoms with van der Waals surface area (Å²) in [5.41, 5.74) is 0. The molecule has 2 heterocycles. The molecule has 2 aromatic heterocycles. The monoisotopic (exact) mass is 222 g/mol. The van der Waals surface area contributed by atoms with E-state index in [-0.39, 0.29) is 5.76 Å². The highest BCUT2D eigenvalue weighted by molar-refractivity contribution is 7.99. The number of hydrogen-bond donors (Lipinski definition) is 1. The summed E-state index contributed by atoms with van der Waals surface area (Å²) in [6.07, 6.45) is 1.56. The van der Waals surface area contributed by atoms with Crippen molar-refractivity contribution in [1.82, 2.24) is 10.2 Å². The molecule has 6 heteroatoms. The first-order chi connectivity index (χ1) is 7.25. The summed E-state index contributed by atoms with van der Waals surface area (Å²) in [6, 6.07) is 6.50. The Hall–Kier alpha value is -1.82. The molecular formula is C9H6N2O3S. The van der Waals surface area contributed by atoms with E-state index in [9.17, 15) is 4.79 Å². The molecule has 2 aromatic rings. The van der Waals surface area contributed by atoms with E-state index in [0.717, 1.165) is 0 Å². The van der Waals surface area contributed by atoms with Gasteiger partial charge in [0.15, 0.2) is 5.09 Å². The molecule has 0 bridgehead atoms. The number of carboxylic acid groups (broad SMARTS) is 1. The number of carboxylic acids is 1. The predicted molar refractivity (Wildman–Crippen MR) is 51.8 cm³/mol. The lowest BCUT2D eigenvalue weighted by Crippen LogP contribution is -1.91. The lowest BCUT2D eigenvalue weighted by atomic mass is 10.5. The number of carbonyl (C=O) groups is 1. The molecule has 0 radical (unpaired) electrons. The number of hydrogen-bond acceptors (Lipinski definition) is 5. The molecule has 0 atom stereocenters. The van der Waals surface area contributed by atoms with Gasteiger partial charge in [-0.2, -0.15) is 5.10 Å². The van der Waals surface area contributed by atoms with Gasteiger partial charge >= 0.3 is 5.97 Å². The average Bonchev–Trinajstić information content (AvgIpc) is 2.68. The van der Waals surface area contributed by atoms with Crippen molar-refractivity contribution < 1.29 is 14.3 Å². The molecule has 0 unspecified atom stereocenters. The Morgan fingerprint density at radius 2 is 2.27 bits per heavy atom. The largest absolute Gasteiger partial charge is 0.475 e. The van der Waals surface area contributed by atoms with Gasteiger partial charge in [-0.05, 0) is 36.0 Å². The normalized spacial score (nSPS) is 10.1. The van der Waals surface area contributed by atoms with E-state index in [1.165, 1.54) is 17.8 Å². The van der Waals surface area contributed by atoms with Crippen LogP contribution in [0, 0.1) is 0 Å². The fraction of sp³-hybridized carbons (Fsp3) is 0. The van der Waals surface area contributed by atoms with Crippen LogP contribution in [0.3, 0.4) is 0 Å². The topological polar surface area (TPSA) is 76.2 Å². The molecule has 0 aromatic carbocycles. The van der Waals surface area contributed by atoms with E-state index < -0.39 is 5.97 Å². The molecule has 0 saturated heterocycles. The van der Waals surface area contributed by atoms with Crippen LogP contribution in [-0.4, -0.2) is 21.3 Å². The van der Waals surface area contributed by atoms with Gasteiger partial charge < -0.3 is 9.52 Å². The van der Waals surface area contributed by atoms with Crippen molar-refractivity contribution in [3.8, 4) is 0 Å². The first-order valence-electron chi connectivity index (χ1n) is 4.04. The van der Waals surface area contributed by atoms with Gasteiger partial charge in [0.2, 0.25) is 5.76 Å². The molecule has 0 amide bonds. The van der Waals surface area contributed by atoms with Crippen molar-refractivity contribution in [2.24, 2.45) is 0 Å². The maximum atomic E-state index is 10.5. The molecule has 76 valence electrons. The Morgan fingerprint density at radius 1 is 1.40 bits per heavy atom. The Morgan fingerprint density at radius 3 is 2.87 bits per heavy atom. The van der Waals surface area contributed by atoms with Crippen molar-refractivity contribution >= 4 is 17.7 Å². The summed E-state index contributed by atoms with van der Waals surface area (Å²) in [7, 11) is 0. The van der Waals surface area contributed by atoms with Crippen LogP contribution < -0.4 is 0 Å². The van der Waals surface area contributed by atoms with Gasteiger partial charge in [0.05, 0.1) is 0 Å². The van der Waals surface area contributed by atoms with Gasteiger partial charge in [0, 0.05) is 6.20 Å². The summed E-state index contributed by atoms with van der Waals surface area (Å²) < 4.78 is 5.04. The van der Waals surface area contributed by atoms with Crippen molar-refractivity contribution in [2.75, 3.05) is 0 Å². The third-order valence-electron chi connectivity index (χ3n) is 1.55. The minimum absolute atomic E-state index is 0.0820. The van der Waals surface area contributed by atoms with Crippen molar-refractivity contribution in [3.05, 3.63) is 36.2 Å². The van der Waals surface area contributed by atoms with E-state index in [0.29, 0.717) is 10.1 Å². The molecule has 0 aliphatic rings. The molecule has 15 heavy (non-hydrogen) atoms. The van der Waals surface area contributed by atoms with Crippen LogP contribution in [0.25, 0.3) is 0 Å². The Kier molecular flexibility index (Phi) is 2.68. The quantitative estimate of drug-likeness (QED) is 0.854. The minimum Gasteiger partial charge on any atom is -0.475 e. The van der Waals surface area contributed by atoms with E-state index >= 15 is 0 Å². The fourth-order valence-electron chi connectivity index (χ4n) is 0.935. The van der Waals surface area contributed by atoms with Gasteiger partial charge in [-0.25, -0.2) is 4.79 Å². The Bertz CT molecular complexity index is 469. The molecule has 1 N–H and O–H groups in total. The molecule has 5 nitrogen and oxygen atoms in total. The summed E-state index contributed by atoms with van der Waals surface area (Å²) in [4.78, 5) is 10.5. The third kappa shape index (κ3) is 2.35. The van der Waals surface area contributed by atoms with E-state index in [1.54, 1.807) is 24.4 Å². The molecule has 0 fully saturated rings. The molecular weight excluding hydrogens is 216 g/mol. The van der Waals surface area contributed by atoms with Gasteiger partial charge in [-0.1, -0.05) is 0 Å². The standard InChI is InChI=1S/C9H6N2O3S/c12-9(13)6-3-4-8(14-6)15-7-2-1-5-10-11-7/h1-5H,(H,12,13). The molecule has 0 aliphatic carbocycles. The van der Waals surface area contributed by atoms with Crippen LogP contribution in [0.2, 0.25) is 0 Å². The second-order valence-corrected chi connectivity index (χ2v) is 3.61. The first kappa shape index (κ1) is 9.72. The van der Waals surface area contributed by atoms with E-state index in [1.807, 2.05) is 0 Å². The maximum absolute atomic E-state index is 10.5. The second-order valence-electron chi connectivity index (χ2n) is 2.59. The van der Waals surface area contributed by atoms with Gasteiger partial charge in [-0.3, -0.25) is 0 Å². The van der Waals surface area contributed by atoms with Crippen LogP contribution in [0.15, 0.2) is 45.0 Å². The number of furan rings is 1. The second kappa shape index (κ2) is 4.14. The van der Waals surface area contributed by atoms with E-state index in [4.69, 9.17) is 9.52 Å². The van der Waals surface area contributed by atoms with Gasteiger partial charge in [0.25, 0.3) is 0 Å². The molecule has 0 saturated carbocycles. The number of rotatable bonds is 3. The highest BCUT2D eigenvalue weighted by Gasteiger charge is 2.10. The van der Waals surface area contributed by atoms with Crippen molar-refractivity contribution in [2.45, 2.75) is 10.1 Å². The average molecular weight is 222 g/mol. The van der Waals surface area contributed by atoms with E-state index in [2.05, 4.69) is 10.2 Å². The molecule has 2 rings (SSSR count). The highest BCUT2D eigenvalue weighted by atomic mass is 32.2. The maximum Gasteiger partial charge on any atom is 0.371 e. The first-order valence-corrected chi connectivity index (χ1v) is 4.86. The van der Waals surface area contributed by atoms with Gasteiger partial charge in [0.1, 0.15) is 5.03 Å². The third-order valence-corrected chi connectivity index (χ3v) is 2.39. The summed E-state index contributed by atoms with van der Waals surface area (Å²) in [5.74, 6) is -1.16. The zero-order chi connectivity index (χ0) is 10.7. The van der Waals surface area contributed by atoms with Crippen LogP contribution in [0.4, 0.5) is 0 Å². The number of nitrogens with zero attached hydrogens (tertiary/aromatic N) is 2. The number of aromatic nitrogens is 2. The van der Waals surface area contributed by atoms with Crippen LogP contribution in [0.1, 0.15) is 10.6 Å². The van der Waals surface area contributed by atoms with Crippen LogP contribution >= 0.6 is 11.8 Å². The Balaban J connectivity index is 2.15. The predicted octanol–water partition coefficient (Wildman–Crippen LogP) is 1.92. The Labute approximate surface area is 89.1 Å². The zero-order valence-electron chi connectivity index (χ0n) is 7.45. The molecule has 0 aliphatic heterocycles. The summed E-state index contributed by atoms with van der Waals surface area (Å²) in [5, 5.41) is 17.3. The minimum atomic E-state index is -1.08. The van der Waals surface area contributed by atoms with Crippen molar-refractivity contribution in [3.63, 3.8) is 0 Å². The summed E-state index contributed by atoms with van der Waals surface area (Å²) >= 11 is 1.22. The SMILES string of the molecule is O=C(O)c1ccc(Sc2cccnn2)o1. The zero-order valence-corrected chi connectivity index (χ0v) is 8.27. The number of aromatic carboxylic acids is 1. The summed E-state index contributed by atoms with van der Waals surface area (Å²) in [6.45, 7) is 0. The van der Waals surface area contributed by atoms with Crippen LogP contribution in [-0.2, 0) is 0 Å². The lowest BCUT2D eigenvalue weighted by molar-refractivity contribution is 0.0656. The highest BCUT2D eigenvalue weighted by Crippen LogP contribution is 2.26. The van der Waals surface area contributed by atoms with Gasteiger partial charge in [-0.15, -0.1) is 5.10 Å². The molecule has 0 spiro atoms. The smallest absolute Gasteiger partial charge is 0.371 e. The van der Waals surface area contributed by atoms with Crippen LogP contribution in [0.5, 0.6) is 0 Å².